The number of carbonyl (C=O) groups excluding carboxylic acids is 1. The average molecular weight is 326 g/mol. The molecule has 0 spiro atoms. The lowest BCUT2D eigenvalue weighted by atomic mass is 10.1. The quantitative estimate of drug-likeness (QED) is 0.848. The third kappa shape index (κ3) is 3.79. The predicted octanol–water partition coefficient (Wildman–Crippen LogP) is 1.69. The molecule has 0 unspecified atom stereocenters. The smallest absolute Gasteiger partial charge is 0.387 e. The standard InChI is InChI=1S/C16H20F2N2O3/c1-19-6-11-7-20(13(8-19)10-22-9-11)15(21)12-3-2-4-14(5-12)23-16(17)18/h2-5,11,13,16H,6-10H2,1H3/t11-,13-/m0/s1. The van der Waals surface area contributed by atoms with E-state index in [1.165, 1.54) is 12.1 Å². The van der Waals surface area contributed by atoms with Crippen LogP contribution in [0.25, 0.3) is 0 Å². The SMILES string of the molecule is CN1C[C@@H]2COC[C@H](C1)N(C(=O)c1cccc(OC(F)F)c1)C2. The Morgan fingerprint density at radius 1 is 1.30 bits per heavy atom. The molecule has 5 nitrogen and oxygen atoms in total. The summed E-state index contributed by atoms with van der Waals surface area (Å²) in [6, 6.07) is 5.94. The fourth-order valence-electron chi connectivity index (χ4n) is 3.30. The topological polar surface area (TPSA) is 42.0 Å². The van der Waals surface area contributed by atoms with Crippen LogP contribution < -0.4 is 4.74 Å². The van der Waals surface area contributed by atoms with E-state index >= 15 is 0 Å². The predicted molar refractivity (Wildman–Crippen MR) is 79.7 cm³/mol. The molecule has 1 amide bonds. The van der Waals surface area contributed by atoms with Crippen molar-refractivity contribution < 1.29 is 23.0 Å². The van der Waals surface area contributed by atoms with Gasteiger partial charge in [0.25, 0.3) is 5.91 Å². The van der Waals surface area contributed by atoms with Crippen LogP contribution in [0.2, 0.25) is 0 Å². The molecule has 2 heterocycles. The molecule has 23 heavy (non-hydrogen) atoms. The number of ether oxygens (including phenoxy) is 2. The van der Waals surface area contributed by atoms with E-state index in [0.29, 0.717) is 25.3 Å². The van der Waals surface area contributed by atoms with Crippen molar-refractivity contribution in [1.29, 1.82) is 0 Å². The maximum Gasteiger partial charge on any atom is 0.387 e. The number of amides is 1. The van der Waals surface area contributed by atoms with Crippen LogP contribution in [0.15, 0.2) is 24.3 Å². The summed E-state index contributed by atoms with van der Waals surface area (Å²) in [6.45, 7) is 0.483. The van der Waals surface area contributed by atoms with Crippen LogP contribution in [0.1, 0.15) is 10.4 Å². The minimum absolute atomic E-state index is 0.00277. The first-order valence-electron chi connectivity index (χ1n) is 7.65. The number of nitrogens with zero attached hydrogens (tertiary/aromatic N) is 2. The van der Waals surface area contributed by atoms with Crippen molar-refractivity contribution in [3.05, 3.63) is 29.8 Å². The number of rotatable bonds is 3. The Kier molecular flexibility index (Phi) is 4.77. The van der Waals surface area contributed by atoms with Gasteiger partial charge in [-0.15, -0.1) is 0 Å². The molecule has 0 radical (unpaired) electrons. The highest BCUT2D eigenvalue weighted by atomic mass is 19.3. The summed E-state index contributed by atoms with van der Waals surface area (Å²) in [7, 11) is 2.04. The van der Waals surface area contributed by atoms with Crippen molar-refractivity contribution in [2.45, 2.75) is 12.7 Å². The summed E-state index contributed by atoms with van der Waals surface area (Å²) in [4.78, 5) is 16.9. The van der Waals surface area contributed by atoms with E-state index in [1.807, 2.05) is 11.9 Å². The lowest BCUT2D eigenvalue weighted by Gasteiger charge is -2.29. The van der Waals surface area contributed by atoms with Gasteiger partial charge in [-0.25, -0.2) is 0 Å². The number of likely N-dealkylation sites (N-methyl/N-ethyl adjacent to an activating group) is 1. The van der Waals surface area contributed by atoms with Crippen LogP contribution in [0.4, 0.5) is 8.78 Å². The summed E-state index contributed by atoms with van der Waals surface area (Å²) in [5.41, 5.74) is 0.360. The Balaban J connectivity index is 1.81. The van der Waals surface area contributed by atoms with Crippen molar-refractivity contribution in [2.75, 3.05) is 39.9 Å². The van der Waals surface area contributed by atoms with Crippen molar-refractivity contribution in [3.8, 4) is 5.75 Å². The number of benzene rings is 1. The van der Waals surface area contributed by atoms with Gasteiger partial charge in [-0.3, -0.25) is 4.79 Å². The highest BCUT2D eigenvalue weighted by molar-refractivity contribution is 5.95. The first-order chi connectivity index (χ1) is 11.0. The minimum Gasteiger partial charge on any atom is -0.435 e. The van der Waals surface area contributed by atoms with Gasteiger partial charge in [0.05, 0.1) is 19.3 Å². The minimum atomic E-state index is -2.90. The molecule has 0 saturated carbocycles. The summed E-state index contributed by atoms with van der Waals surface area (Å²) in [6.07, 6.45) is 0. The average Bonchev–Trinajstić information content (AvgIpc) is 2.76. The summed E-state index contributed by atoms with van der Waals surface area (Å²) in [5.74, 6) is 0.0921. The van der Waals surface area contributed by atoms with Crippen LogP contribution in [0.5, 0.6) is 5.75 Å². The lowest BCUT2D eigenvalue weighted by Crippen LogP contribution is -2.45. The van der Waals surface area contributed by atoms with E-state index in [0.717, 1.165) is 13.1 Å². The van der Waals surface area contributed by atoms with Gasteiger partial charge < -0.3 is 19.3 Å². The normalized spacial score (nSPS) is 25.3. The Hall–Kier alpha value is -1.73. The number of hydrogen-bond donors (Lipinski definition) is 0. The van der Waals surface area contributed by atoms with Gasteiger partial charge in [0.1, 0.15) is 5.75 Å². The van der Waals surface area contributed by atoms with Crippen LogP contribution in [0.3, 0.4) is 0 Å². The maximum atomic E-state index is 12.8. The Morgan fingerprint density at radius 2 is 2.13 bits per heavy atom. The van der Waals surface area contributed by atoms with E-state index in [4.69, 9.17) is 4.74 Å². The lowest BCUT2D eigenvalue weighted by molar-refractivity contribution is -0.0499. The van der Waals surface area contributed by atoms with Gasteiger partial charge in [-0.05, 0) is 25.2 Å². The van der Waals surface area contributed by atoms with Crippen LogP contribution in [0, 0.1) is 5.92 Å². The van der Waals surface area contributed by atoms with Gasteiger partial charge in [0.2, 0.25) is 0 Å². The number of carbonyl (C=O) groups is 1. The van der Waals surface area contributed by atoms with Gasteiger partial charge in [0, 0.05) is 31.1 Å². The second kappa shape index (κ2) is 6.80. The van der Waals surface area contributed by atoms with Crippen molar-refractivity contribution in [3.63, 3.8) is 0 Å². The molecular weight excluding hydrogens is 306 g/mol. The van der Waals surface area contributed by atoms with Gasteiger partial charge in [-0.2, -0.15) is 8.78 Å². The zero-order chi connectivity index (χ0) is 16.4. The highest BCUT2D eigenvalue weighted by Gasteiger charge is 2.35. The van der Waals surface area contributed by atoms with E-state index in [1.54, 1.807) is 12.1 Å². The van der Waals surface area contributed by atoms with E-state index in [2.05, 4.69) is 9.64 Å². The molecule has 2 aliphatic heterocycles. The molecular formula is C16H20F2N2O3. The van der Waals surface area contributed by atoms with Crippen molar-refractivity contribution >= 4 is 5.91 Å². The Morgan fingerprint density at radius 3 is 2.91 bits per heavy atom. The molecule has 0 aromatic heterocycles. The third-order valence-electron chi connectivity index (χ3n) is 4.22. The summed E-state index contributed by atoms with van der Waals surface area (Å²) >= 11 is 0. The fraction of sp³-hybridized carbons (Fsp3) is 0.562. The van der Waals surface area contributed by atoms with E-state index < -0.39 is 6.61 Å². The van der Waals surface area contributed by atoms with Crippen LogP contribution in [-0.4, -0.2) is 68.3 Å². The maximum absolute atomic E-state index is 12.8. The molecule has 3 rings (SSSR count). The molecule has 7 heteroatoms. The largest absolute Gasteiger partial charge is 0.435 e. The molecule has 2 saturated heterocycles. The van der Waals surface area contributed by atoms with E-state index in [-0.39, 0.29) is 23.6 Å². The molecule has 2 atom stereocenters. The Labute approximate surface area is 133 Å². The first kappa shape index (κ1) is 16.1. The molecule has 1 aromatic carbocycles. The number of fused-ring (bicyclic) bond motifs is 3. The zero-order valence-corrected chi connectivity index (χ0v) is 13.0. The molecule has 126 valence electrons. The molecule has 2 fully saturated rings. The summed E-state index contributed by atoms with van der Waals surface area (Å²) < 4.78 is 34.7. The number of alkyl halides is 2. The molecule has 2 aliphatic rings. The monoisotopic (exact) mass is 326 g/mol. The second-order valence-electron chi connectivity index (χ2n) is 6.14. The molecule has 0 N–H and O–H groups in total. The molecule has 2 bridgehead atoms. The molecule has 1 aromatic rings. The second-order valence-corrected chi connectivity index (χ2v) is 6.14. The van der Waals surface area contributed by atoms with Gasteiger partial charge in [-0.1, -0.05) is 6.07 Å². The molecule has 0 aliphatic carbocycles. The van der Waals surface area contributed by atoms with Crippen molar-refractivity contribution in [2.24, 2.45) is 5.92 Å². The number of hydrogen-bond acceptors (Lipinski definition) is 4. The third-order valence-corrected chi connectivity index (χ3v) is 4.22. The number of halogens is 2. The highest BCUT2D eigenvalue weighted by Crippen LogP contribution is 2.23. The van der Waals surface area contributed by atoms with Crippen LogP contribution in [-0.2, 0) is 4.74 Å². The van der Waals surface area contributed by atoms with Crippen LogP contribution >= 0.6 is 0 Å². The van der Waals surface area contributed by atoms with Gasteiger partial charge >= 0.3 is 6.61 Å². The fourth-order valence-corrected chi connectivity index (χ4v) is 3.30. The van der Waals surface area contributed by atoms with E-state index in [9.17, 15) is 13.6 Å². The van der Waals surface area contributed by atoms with Gasteiger partial charge in [0.15, 0.2) is 0 Å². The summed E-state index contributed by atoms with van der Waals surface area (Å²) in [5, 5.41) is 0. The first-order valence-corrected chi connectivity index (χ1v) is 7.65. The Bertz CT molecular complexity index is 570. The zero-order valence-electron chi connectivity index (χ0n) is 13.0. The van der Waals surface area contributed by atoms with Crippen molar-refractivity contribution in [1.82, 2.24) is 9.80 Å².